The quantitative estimate of drug-likeness (QED) is 0.651. The Bertz CT molecular complexity index is 387. The third-order valence-corrected chi connectivity index (χ3v) is 1.76. The largest absolute Gasteiger partial charge is 0.328 e. The summed E-state index contributed by atoms with van der Waals surface area (Å²) in [5.41, 5.74) is -0.0189. The van der Waals surface area contributed by atoms with E-state index in [1.807, 2.05) is 13.8 Å². The highest BCUT2D eigenvalue weighted by Gasteiger charge is 2.05. The van der Waals surface area contributed by atoms with Gasteiger partial charge < -0.3 is 4.57 Å². The third kappa shape index (κ3) is 1.47. The summed E-state index contributed by atoms with van der Waals surface area (Å²) >= 11 is 0. The molecular weight excluding hydrogens is 156 g/mol. The molecule has 4 nitrogen and oxygen atoms in total. The zero-order valence-corrected chi connectivity index (χ0v) is 7.42. The van der Waals surface area contributed by atoms with E-state index in [4.69, 9.17) is 0 Å². The maximum atomic E-state index is 11.2. The van der Waals surface area contributed by atoms with Crippen molar-refractivity contribution in [2.45, 2.75) is 19.8 Å². The van der Waals surface area contributed by atoms with Crippen molar-refractivity contribution in [2.75, 3.05) is 0 Å². The summed E-state index contributed by atoms with van der Waals surface area (Å²) in [6.07, 6.45) is 1.58. The Morgan fingerprint density at radius 3 is 2.50 bits per heavy atom. The third-order valence-electron chi connectivity index (χ3n) is 1.76. The van der Waals surface area contributed by atoms with Gasteiger partial charge in [-0.3, -0.25) is 9.78 Å². The number of hydrogen-bond acceptors (Lipinski definition) is 2. The van der Waals surface area contributed by atoms with Crippen molar-refractivity contribution in [3.8, 4) is 0 Å². The van der Waals surface area contributed by atoms with Crippen molar-refractivity contribution < 1.29 is 0 Å². The average molecular weight is 168 g/mol. The van der Waals surface area contributed by atoms with E-state index in [1.54, 1.807) is 13.2 Å². The standard InChI is InChI=1S/C8H12N2O2/c1-5(2)6-4-10(3)8(12)9-7(6)11/h4-5H,1-3H3,(H,9,11,12). The molecule has 12 heavy (non-hydrogen) atoms. The number of hydrogen-bond donors (Lipinski definition) is 1. The molecular formula is C8H12N2O2. The van der Waals surface area contributed by atoms with Crippen molar-refractivity contribution in [3.63, 3.8) is 0 Å². The van der Waals surface area contributed by atoms with E-state index < -0.39 is 0 Å². The fraction of sp³-hybridized carbons (Fsp3) is 0.500. The van der Waals surface area contributed by atoms with Crippen LogP contribution in [-0.4, -0.2) is 9.55 Å². The highest BCUT2D eigenvalue weighted by atomic mass is 16.2. The summed E-state index contributed by atoms with van der Waals surface area (Å²) in [5, 5.41) is 0. The second-order valence-corrected chi connectivity index (χ2v) is 3.11. The van der Waals surface area contributed by atoms with Gasteiger partial charge in [-0.1, -0.05) is 13.8 Å². The molecule has 0 atom stereocenters. The molecule has 0 aliphatic heterocycles. The van der Waals surface area contributed by atoms with E-state index in [-0.39, 0.29) is 17.2 Å². The van der Waals surface area contributed by atoms with E-state index >= 15 is 0 Å². The molecule has 0 aliphatic carbocycles. The van der Waals surface area contributed by atoms with Gasteiger partial charge in [0.15, 0.2) is 0 Å². The molecule has 0 bridgehead atoms. The Morgan fingerprint density at radius 2 is 2.00 bits per heavy atom. The zero-order chi connectivity index (χ0) is 9.30. The van der Waals surface area contributed by atoms with Crippen molar-refractivity contribution in [2.24, 2.45) is 7.05 Å². The molecule has 4 heteroatoms. The van der Waals surface area contributed by atoms with Gasteiger partial charge in [0, 0.05) is 18.8 Å². The molecule has 0 radical (unpaired) electrons. The topological polar surface area (TPSA) is 54.9 Å². The molecule has 0 unspecified atom stereocenters. The van der Waals surface area contributed by atoms with E-state index in [0.29, 0.717) is 5.56 Å². The van der Waals surface area contributed by atoms with Gasteiger partial charge in [-0.15, -0.1) is 0 Å². The number of nitrogens with one attached hydrogen (secondary N) is 1. The lowest BCUT2D eigenvalue weighted by Gasteiger charge is -2.04. The summed E-state index contributed by atoms with van der Waals surface area (Å²) in [7, 11) is 1.62. The van der Waals surface area contributed by atoms with E-state index in [9.17, 15) is 9.59 Å². The minimum atomic E-state index is -0.371. The predicted octanol–water partition coefficient (Wildman–Crippen LogP) is 0.197. The van der Waals surface area contributed by atoms with Crippen LogP contribution in [0.5, 0.6) is 0 Å². The number of H-pyrrole nitrogens is 1. The minimum Gasteiger partial charge on any atom is -0.303 e. The lowest BCUT2D eigenvalue weighted by molar-refractivity contribution is 0.741. The number of aromatic nitrogens is 2. The molecule has 1 heterocycles. The monoisotopic (exact) mass is 168 g/mol. The number of aromatic amines is 1. The van der Waals surface area contributed by atoms with Crippen LogP contribution in [0.25, 0.3) is 0 Å². The molecule has 66 valence electrons. The van der Waals surface area contributed by atoms with Gasteiger partial charge in [0.2, 0.25) is 0 Å². The van der Waals surface area contributed by atoms with Crippen LogP contribution in [0, 0.1) is 0 Å². The van der Waals surface area contributed by atoms with E-state index in [0.717, 1.165) is 0 Å². The van der Waals surface area contributed by atoms with Gasteiger partial charge in [0.25, 0.3) is 5.56 Å². The Hall–Kier alpha value is -1.32. The molecule has 1 rings (SSSR count). The highest BCUT2D eigenvalue weighted by molar-refractivity contribution is 5.08. The van der Waals surface area contributed by atoms with Crippen LogP contribution in [0.4, 0.5) is 0 Å². The number of aryl methyl sites for hydroxylation is 1. The molecule has 0 amide bonds. The van der Waals surface area contributed by atoms with Crippen LogP contribution in [0.15, 0.2) is 15.8 Å². The summed E-state index contributed by atoms with van der Waals surface area (Å²) in [6.45, 7) is 3.82. The van der Waals surface area contributed by atoms with Gasteiger partial charge in [-0.05, 0) is 5.92 Å². The molecule has 0 spiro atoms. The van der Waals surface area contributed by atoms with E-state index in [2.05, 4.69) is 4.98 Å². The highest BCUT2D eigenvalue weighted by Crippen LogP contribution is 2.05. The first-order valence-corrected chi connectivity index (χ1v) is 3.82. The molecule has 1 aromatic heterocycles. The summed E-state index contributed by atoms with van der Waals surface area (Å²) in [6, 6.07) is 0. The lowest BCUT2D eigenvalue weighted by Crippen LogP contribution is -2.30. The van der Waals surface area contributed by atoms with Gasteiger partial charge in [-0.25, -0.2) is 4.79 Å². The Balaban J connectivity index is 3.44. The zero-order valence-electron chi connectivity index (χ0n) is 7.42. The Morgan fingerprint density at radius 1 is 1.42 bits per heavy atom. The van der Waals surface area contributed by atoms with Crippen molar-refractivity contribution in [1.29, 1.82) is 0 Å². The van der Waals surface area contributed by atoms with Crippen LogP contribution >= 0.6 is 0 Å². The van der Waals surface area contributed by atoms with Crippen LogP contribution in [0.3, 0.4) is 0 Å². The molecule has 0 aromatic carbocycles. The lowest BCUT2D eigenvalue weighted by atomic mass is 10.1. The fourth-order valence-electron chi connectivity index (χ4n) is 0.995. The smallest absolute Gasteiger partial charge is 0.303 e. The summed E-state index contributed by atoms with van der Waals surface area (Å²) in [4.78, 5) is 24.3. The number of nitrogens with zero attached hydrogens (tertiary/aromatic N) is 1. The Kier molecular flexibility index (Phi) is 2.17. The predicted molar refractivity (Wildman–Crippen MR) is 46.4 cm³/mol. The van der Waals surface area contributed by atoms with Crippen molar-refractivity contribution in [1.82, 2.24) is 9.55 Å². The molecule has 0 saturated heterocycles. The molecule has 0 fully saturated rings. The van der Waals surface area contributed by atoms with Gasteiger partial charge in [0.05, 0.1) is 0 Å². The minimum absolute atomic E-state index is 0.139. The van der Waals surface area contributed by atoms with Gasteiger partial charge in [0.1, 0.15) is 0 Å². The van der Waals surface area contributed by atoms with Crippen molar-refractivity contribution in [3.05, 3.63) is 32.6 Å². The molecule has 1 aromatic rings. The summed E-state index contributed by atoms with van der Waals surface area (Å²) in [5.74, 6) is 0.139. The maximum absolute atomic E-state index is 11.2. The maximum Gasteiger partial charge on any atom is 0.328 e. The van der Waals surface area contributed by atoms with Crippen LogP contribution in [-0.2, 0) is 7.05 Å². The van der Waals surface area contributed by atoms with E-state index in [1.165, 1.54) is 4.57 Å². The fourth-order valence-corrected chi connectivity index (χ4v) is 0.995. The molecule has 1 N–H and O–H groups in total. The second-order valence-electron chi connectivity index (χ2n) is 3.11. The van der Waals surface area contributed by atoms with Crippen LogP contribution < -0.4 is 11.2 Å². The van der Waals surface area contributed by atoms with Crippen LogP contribution in [0.1, 0.15) is 25.3 Å². The normalized spacial score (nSPS) is 10.7. The number of rotatable bonds is 1. The first-order chi connectivity index (χ1) is 5.52. The van der Waals surface area contributed by atoms with Crippen LogP contribution in [0.2, 0.25) is 0 Å². The van der Waals surface area contributed by atoms with Gasteiger partial charge >= 0.3 is 5.69 Å². The SMILES string of the molecule is CC(C)c1cn(C)c(=O)[nH]c1=O. The Labute approximate surface area is 69.9 Å². The first-order valence-electron chi connectivity index (χ1n) is 3.82. The summed E-state index contributed by atoms with van der Waals surface area (Å²) < 4.78 is 1.37. The van der Waals surface area contributed by atoms with Crippen molar-refractivity contribution >= 4 is 0 Å². The van der Waals surface area contributed by atoms with Gasteiger partial charge in [-0.2, -0.15) is 0 Å². The first kappa shape index (κ1) is 8.77. The average Bonchev–Trinajstić information content (AvgIpc) is 1.96. The molecule has 0 aliphatic rings. The second kappa shape index (κ2) is 2.97. The molecule has 0 saturated carbocycles.